The minimum Gasteiger partial charge on any atom is -0.274 e. The maximum atomic E-state index is 13.2. The summed E-state index contributed by atoms with van der Waals surface area (Å²) in [6.07, 6.45) is 5.85. The van der Waals surface area contributed by atoms with Crippen molar-refractivity contribution in [3.63, 3.8) is 0 Å². The van der Waals surface area contributed by atoms with Crippen LogP contribution in [0, 0.1) is 5.82 Å². The van der Waals surface area contributed by atoms with Crippen molar-refractivity contribution in [1.29, 1.82) is 0 Å². The van der Waals surface area contributed by atoms with Crippen molar-refractivity contribution in [3.8, 4) is 0 Å². The maximum Gasteiger partial charge on any atom is 0.244 e. The summed E-state index contributed by atoms with van der Waals surface area (Å²) < 4.78 is 42.5. The molecule has 3 aromatic rings. The van der Waals surface area contributed by atoms with E-state index in [-0.39, 0.29) is 10.7 Å². The fourth-order valence-electron chi connectivity index (χ4n) is 2.29. The van der Waals surface area contributed by atoms with Gasteiger partial charge in [0.15, 0.2) is 0 Å². The van der Waals surface area contributed by atoms with E-state index in [0.29, 0.717) is 11.1 Å². The van der Waals surface area contributed by atoms with E-state index in [2.05, 4.69) is 14.8 Å². The monoisotopic (exact) mass is 346 g/mol. The predicted octanol–water partition coefficient (Wildman–Crippen LogP) is 2.02. The van der Waals surface area contributed by atoms with Crippen LogP contribution in [0.3, 0.4) is 0 Å². The SMILES string of the molecule is Cn1cc(S(=O)(=O)N[C@H](c2ccc(F)cc2)c2cccnc2)cn1. The van der Waals surface area contributed by atoms with Crippen LogP contribution in [0.4, 0.5) is 4.39 Å². The van der Waals surface area contributed by atoms with Crippen LogP contribution in [0.25, 0.3) is 0 Å². The topological polar surface area (TPSA) is 76.9 Å². The molecule has 0 unspecified atom stereocenters. The van der Waals surface area contributed by atoms with Crippen molar-refractivity contribution in [2.24, 2.45) is 7.05 Å². The molecule has 0 radical (unpaired) electrons. The minimum atomic E-state index is -3.80. The van der Waals surface area contributed by atoms with Crippen molar-refractivity contribution in [2.45, 2.75) is 10.9 Å². The van der Waals surface area contributed by atoms with Crippen LogP contribution in [0.2, 0.25) is 0 Å². The molecule has 2 heterocycles. The molecule has 8 heteroatoms. The lowest BCUT2D eigenvalue weighted by Crippen LogP contribution is -2.29. The lowest BCUT2D eigenvalue weighted by molar-refractivity contribution is 0.571. The van der Waals surface area contributed by atoms with Gasteiger partial charge in [-0.05, 0) is 29.3 Å². The van der Waals surface area contributed by atoms with Crippen molar-refractivity contribution in [3.05, 3.63) is 78.1 Å². The van der Waals surface area contributed by atoms with E-state index in [0.717, 1.165) is 0 Å². The third-order valence-electron chi connectivity index (χ3n) is 3.49. The fourth-order valence-corrected chi connectivity index (χ4v) is 3.49. The van der Waals surface area contributed by atoms with Gasteiger partial charge < -0.3 is 0 Å². The Balaban J connectivity index is 2.01. The molecule has 0 fully saturated rings. The number of halogens is 1. The van der Waals surface area contributed by atoms with E-state index < -0.39 is 16.1 Å². The molecule has 124 valence electrons. The molecule has 0 bridgehead atoms. The molecule has 0 saturated carbocycles. The Labute approximate surface area is 139 Å². The average molecular weight is 346 g/mol. The minimum absolute atomic E-state index is 0.0565. The van der Waals surface area contributed by atoms with Gasteiger partial charge in [0.05, 0.1) is 12.2 Å². The molecule has 0 aliphatic rings. The van der Waals surface area contributed by atoms with Gasteiger partial charge in [-0.2, -0.15) is 9.82 Å². The summed E-state index contributed by atoms with van der Waals surface area (Å²) in [6, 6.07) is 8.44. The molecule has 0 aliphatic carbocycles. The Bertz CT molecular complexity index is 924. The number of hydrogen-bond acceptors (Lipinski definition) is 4. The first-order chi connectivity index (χ1) is 11.5. The van der Waals surface area contributed by atoms with Gasteiger partial charge in [0.2, 0.25) is 10.0 Å². The van der Waals surface area contributed by atoms with Crippen LogP contribution in [-0.2, 0) is 17.1 Å². The molecule has 1 N–H and O–H groups in total. The highest BCUT2D eigenvalue weighted by atomic mass is 32.2. The molecule has 3 rings (SSSR count). The normalized spacial score (nSPS) is 12.9. The van der Waals surface area contributed by atoms with Gasteiger partial charge in [0.1, 0.15) is 10.7 Å². The summed E-state index contributed by atoms with van der Waals surface area (Å²) in [7, 11) is -2.16. The molecule has 6 nitrogen and oxygen atoms in total. The zero-order valence-corrected chi connectivity index (χ0v) is 13.6. The summed E-state index contributed by atoms with van der Waals surface area (Å²) in [5.74, 6) is -0.390. The van der Waals surface area contributed by atoms with E-state index in [4.69, 9.17) is 0 Å². The summed E-state index contributed by atoms with van der Waals surface area (Å²) >= 11 is 0. The zero-order valence-electron chi connectivity index (χ0n) is 12.8. The first-order valence-corrected chi connectivity index (χ1v) is 8.60. The first kappa shape index (κ1) is 16.3. The second kappa shape index (κ2) is 6.50. The van der Waals surface area contributed by atoms with Gasteiger partial charge in [-0.25, -0.2) is 12.8 Å². The van der Waals surface area contributed by atoms with E-state index in [1.165, 1.54) is 29.2 Å². The van der Waals surface area contributed by atoms with Crippen LogP contribution in [0.5, 0.6) is 0 Å². The third-order valence-corrected chi connectivity index (χ3v) is 4.86. The molecule has 0 spiro atoms. The van der Waals surface area contributed by atoms with Crippen LogP contribution >= 0.6 is 0 Å². The highest BCUT2D eigenvalue weighted by Crippen LogP contribution is 2.24. The lowest BCUT2D eigenvalue weighted by Gasteiger charge is -2.19. The highest BCUT2D eigenvalue weighted by molar-refractivity contribution is 7.89. The number of nitrogens with zero attached hydrogens (tertiary/aromatic N) is 3. The van der Waals surface area contributed by atoms with E-state index in [1.807, 2.05) is 0 Å². The molecule has 1 aromatic carbocycles. The molecule has 2 aromatic heterocycles. The third kappa shape index (κ3) is 3.50. The smallest absolute Gasteiger partial charge is 0.244 e. The Morgan fingerprint density at radius 3 is 2.46 bits per heavy atom. The van der Waals surface area contributed by atoms with Gasteiger partial charge in [0, 0.05) is 25.6 Å². The van der Waals surface area contributed by atoms with Crippen molar-refractivity contribution in [2.75, 3.05) is 0 Å². The zero-order chi connectivity index (χ0) is 17.2. The van der Waals surface area contributed by atoms with Crippen molar-refractivity contribution in [1.82, 2.24) is 19.5 Å². The molecular formula is C16H15FN4O2S. The second-order valence-electron chi connectivity index (χ2n) is 5.24. The number of benzene rings is 1. The summed E-state index contributed by atoms with van der Waals surface area (Å²) in [4.78, 5) is 4.09. The van der Waals surface area contributed by atoms with Gasteiger partial charge >= 0.3 is 0 Å². The van der Waals surface area contributed by atoms with Crippen LogP contribution in [0.1, 0.15) is 17.2 Å². The predicted molar refractivity (Wildman–Crippen MR) is 86.0 cm³/mol. The molecule has 24 heavy (non-hydrogen) atoms. The number of nitrogens with one attached hydrogen (secondary N) is 1. The first-order valence-electron chi connectivity index (χ1n) is 7.12. The quantitative estimate of drug-likeness (QED) is 0.767. The number of rotatable bonds is 5. The number of hydrogen-bond donors (Lipinski definition) is 1. The number of pyridine rings is 1. The molecule has 0 saturated heterocycles. The lowest BCUT2D eigenvalue weighted by atomic mass is 10.0. The van der Waals surface area contributed by atoms with Crippen LogP contribution in [0.15, 0.2) is 66.1 Å². The molecule has 1 atom stereocenters. The maximum absolute atomic E-state index is 13.2. The van der Waals surface area contributed by atoms with E-state index in [9.17, 15) is 12.8 Å². The van der Waals surface area contributed by atoms with E-state index in [1.54, 1.807) is 43.7 Å². The Kier molecular flexibility index (Phi) is 4.41. The van der Waals surface area contributed by atoms with Gasteiger partial charge in [0.25, 0.3) is 0 Å². The summed E-state index contributed by atoms with van der Waals surface area (Å²) in [6.45, 7) is 0. The van der Waals surface area contributed by atoms with Crippen LogP contribution in [-0.4, -0.2) is 23.2 Å². The number of aromatic nitrogens is 3. The molecule has 0 amide bonds. The highest BCUT2D eigenvalue weighted by Gasteiger charge is 2.24. The Morgan fingerprint density at radius 2 is 1.88 bits per heavy atom. The average Bonchev–Trinajstić information content (AvgIpc) is 3.02. The van der Waals surface area contributed by atoms with Gasteiger partial charge in [-0.3, -0.25) is 9.67 Å². The van der Waals surface area contributed by atoms with Gasteiger partial charge in [-0.15, -0.1) is 0 Å². The summed E-state index contributed by atoms with van der Waals surface area (Å²) in [5.41, 5.74) is 1.26. The Morgan fingerprint density at radius 1 is 1.12 bits per heavy atom. The molecular weight excluding hydrogens is 331 g/mol. The second-order valence-corrected chi connectivity index (χ2v) is 6.96. The molecule has 0 aliphatic heterocycles. The number of sulfonamides is 1. The fraction of sp³-hybridized carbons (Fsp3) is 0.125. The largest absolute Gasteiger partial charge is 0.274 e. The Hall–Kier alpha value is -2.58. The number of aryl methyl sites for hydroxylation is 1. The van der Waals surface area contributed by atoms with Gasteiger partial charge in [-0.1, -0.05) is 18.2 Å². The van der Waals surface area contributed by atoms with Crippen LogP contribution < -0.4 is 4.72 Å². The van der Waals surface area contributed by atoms with E-state index >= 15 is 0 Å². The van der Waals surface area contributed by atoms with Crippen molar-refractivity contribution < 1.29 is 12.8 Å². The van der Waals surface area contributed by atoms with Crippen molar-refractivity contribution >= 4 is 10.0 Å². The summed E-state index contributed by atoms with van der Waals surface area (Å²) in [5, 5.41) is 3.88. The standard InChI is InChI=1S/C16H15FN4O2S/c1-21-11-15(10-19-21)24(22,23)20-16(13-3-2-8-18-9-13)12-4-6-14(17)7-5-12/h2-11,16,20H,1H3/t16-/m1/s1.